The predicted molar refractivity (Wildman–Crippen MR) is 73.5 cm³/mol. The third-order valence-corrected chi connectivity index (χ3v) is 3.90. The minimum atomic E-state index is -1.69. The minimum Gasteiger partial charge on any atom is -0.479 e. The van der Waals surface area contributed by atoms with Crippen LogP contribution in [0.4, 0.5) is 0 Å². The van der Waals surface area contributed by atoms with Gasteiger partial charge in [0.25, 0.3) is 5.91 Å². The van der Waals surface area contributed by atoms with Crippen molar-refractivity contribution in [3.63, 3.8) is 0 Å². The molecule has 1 amide bonds. The second-order valence-electron chi connectivity index (χ2n) is 5.14. The van der Waals surface area contributed by atoms with Crippen molar-refractivity contribution < 1.29 is 19.8 Å². The first-order valence-corrected chi connectivity index (χ1v) is 6.81. The molecule has 1 fully saturated rings. The van der Waals surface area contributed by atoms with E-state index in [1.165, 1.54) is 0 Å². The number of rotatable bonds is 3. The smallest absolute Gasteiger partial charge is 0.335 e. The Hall–Kier alpha value is -1.88. The molecule has 0 bridgehead atoms. The van der Waals surface area contributed by atoms with Gasteiger partial charge in [0.05, 0.1) is 0 Å². The predicted octanol–water partition coefficient (Wildman–Crippen LogP) is 1.30. The zero-order valence-corrected chi connectivity index (χ0v) is 11.5. The average Bonchev–Trinajstić information content (AvgIpc) is 2.47. The first-order chi connectivity index (χ1) is 9.48. The third-order valence-electron chi connectivity index (χ3n) is 3.90. The molecule has 5 nitrogen and oxygen atoms in total. The van der Waals surface area contributed by atoms with Crippen LogP contribution in [0.3, 0.4) is 0 Å². The maximum absolute atomic E-state index is 12.5. The van der Waals surface area contributed by atoms with E-state index in [2.05, 4.69) is 0 Å². The van der Waals surface area contributed by atoms with E-state index in [1.807, 2.05) is 25.1 Å². The van der Waals surface area contributed by atoms with Crippen LogP contribution >= 0.6 is 0 Å². The number of piperidine rings is 1. The Morgan fingerprint density at radius 1 is 1.25 bits per heavy atom. The fourth-order valence-corrected chi connectivity index (χ4v) is 2.50. The Kier molecular flexibility index (Phi) is 4.09. The van der Waals surface area contributed by atoms with Crippen molar-refractivity contribution >= 4 is 11.9 Å². The normalized spacial score (nSPS) is 17.8. The monoisotopic (exact) mass is 277 g/mol. The quantitative estimate of drug-likeness (QED) is 0.873. The number of hydrogen-bond donors (Lipinski definition) is 2. The number of carboxylic acids is 1. The maximum Gasteiger partial charge on any atom is 0.335 e. The number of benzene rings is 1. The molecule has 0 aromatic heterocycles. The number of amides is 1. The fraction of sp³-hybridized carbons (Fsp3) is 0.467. The molecule has 0 unspecified atom stereocenters. The van der Waals surface area contributed by atoms with Crippen LogP contribution in [-0.2, 0) is 11.2 Å². The van der Waals surface area contributed by atoms with Crippen molar-refractivity contribution in [2.75, 3.05) is 13.1 Å². The standard InChI is InChI=1S/C15H19NO4/c1-2-11-5-3-4-6-12(11)13(17)16-9-7-15(20,8-10-16)14(18)19/h3-6,20H,2,7-10H2,1H3,(H,18,19). The summed E-state index contributed by atoms with van der Waals surface area (Å²) in [5.74, 6) is -1.30. The first kappa shape index (κ1) is 14.5. The van der Waals surface area contributed by atoms with Gasteiger partial charge in [-0.1, -0.05) is 25.1 Å². The molecule has 2 N–H and O–H groups in total. The molecule has 1 aliphatic heterocycles. The minimum absolute atomic E-state index is 0.0718. The van der Waals surface area contributed by atoms with Gasteiger partial charge in [-0.15, -0.1) is 0 Å². The molecule has 0 atom stereocenters. The van der Waals surface area contributed by atoms with E-state index in [1.54, 1.807) is 11.0 Å². The molecule has 2 rings (SSSR count). The van der Waals surface area contributed by atoms with Crippen molar-refractivity contribution in [3.05, 3.63) is 35.4 Å². The number of nitrogens with zero attached hydrogens (tertiary/aromatic N) is 1. The lowest BCUT2D eigenvalue weighted by molar-refractivity contribution is -0.162. The summed E-state index contributed by atoms with van der Waals surface area (Å²) in [5.41, 5.74) is -0.0477. The van der Waals surface area contributed by atoms with E-state index in [4.69, 9.17) is 5.11 Å². The molecule has 108 valence electrons. The van der Waals surface area contributed by atoms with Gasteiger partial charge in [-0.25, -0.2) is 4.79 Å². The zero-order chi connectivity index (χ0) is 14.8. The van der Waals surface area contributed by atoms with Crippen LogP contribution in [0.1, 0.15) is 35.7 Å². The van der Waals surface area contributed by atoms with Gasteiger partial charge in [-0.05, 0) is 18.1 Å². The van der Waals surface area contributed by atoms with E-state index >= 15 is 0 Å². The molecule has 1 aromatic rings. The SMILES string of the molecule is CCc1ccccc1C(=O)N1CCC(O)(C(=O)O)CC1. The molecule has 1 aromatic carbocycles. The Morgan fingerprint density at radius 2 is 1.85 bits per heavy atom. The van der Waals surface area contributed by atoms with E-state index in [0.717, 1.165) is 12.0 Å². The molecule has 1 heterocycles. The van der Waals surface area contributed by atoms with Crippen LogP contribution in [0.5, 0.6) is 0 Å². The number of aryl methyl sites for hydroxylation is 1. The van der Waals surface area contributed by atoms with Gasteiger partial charge in [0.2, 0.25) is 0 Å². The Balaban J connectivity index is 2.11. The van der Waals surface area contributed by atoms with Crippen molar-refractivity contribution in [1.29, 1.82) is 0 Å². The summed E-state index contributed by atoms with van der Waals surface area (Å²) < 4.78 is 0. The molecule has 0 aliphatic carbocycles. The van der Waals surface area contributed by atoms with Crippen LogP contribution in [0.25, 0.3) is 0 Å². The fourth-order valence-electron chi connectivity index (χ4n) is 2.50. The summed E-state index contributed by atoms with van der Waals surface area (Å²) in [6.45, 7) is 2.52. The average molecular weight is 277 g/mol. The second kappa shape index (κ2) is 5.63. The van der Waals surface area contributed by atoms with Crippen LogP contribution in [0.2, 0.25) is 0 Å². The highest BCUT2D eigenvalue weighted by atomic mass is 16.4. The first-order valence-electron chi connectivity index (χ1n) is 6.81. The Morgan fingerprint density at radius 3 is 2.40 bits per heavy atom. The van der Waals surface area contributed by atoms with Crippen LogP contribution in [0.15, 0.2) is 24.3 Å². The van der Waals surface area contributed by atoms with Gasteiger partial charge in [0.15, 0.2) is 5.60 Å². The molecule has 0 radical (unpaired) electrons. The lowest BCUT2D eigenvalue weighted by Gasteiger charge is -2.35. The molecule has 0 saturated carbocycles. The molecule has 1 aliphatic rings. The molecular weight excluding hydrogens is 258 g/mol. The van der Waals surface area contributed by atoms with Gasteiger partial charge in [-0.3, -0.25) is 4.79 Å². The molecule has 20 heavy (non-hydrogen) atoms. The summed E-state index contributed by atoms with van der Waals surface area (Å²) in [4.78, 5) is 25.0. The molecular formula is C15H19NO4. The summed E-state index contributed by atoms with van der Waals surface area (Å²) in [6, 6.07) is 7.43. The number of likely N-dealkylation sites (tertiary alicyclic amines) is 1. The van der Waals surface area contributed by atoms with Gasteiger partial charge in [-0.2, -0.15) is 0 Å². The van der Waals surface area contributed by atoms with Gasteiger partial charge >= 0.3 is 5.97 Å². The summed E-state index contributed by atoms with van der Waals surface area (Å²) in [7, 11) is 0. The third kappa shape index (κ3) is 2.67. The lowest BCUT2D eigenvalue weighted by Crippen LogP contribution is -2.50. The van der Waals surface area contributed by atoms with Crippen molar-refractivity contribution in [2.24, 2.45) is 0 Å². The second-order valence-corrected chi connectivity index (χ2v) is 5.14. The van der Waals surface area contributed by atoms with E-state index in [9.17, 15) is 14.7 Å². The highest BCUT2D eigenvalue weighted by molar-refractivity contribution is 5.96. The number of carbonyl (C=O) groups excluding carboxylic acids is 1. The number of aliphatic hydroxyl groups is 1. The highest BCUT2D eigenvalue weighted by Gasteiger charge is 2.40. The topological polar surface area (TPSA) is 77.8 Å². The summed E-state index contributed by atoms with van der Waals surface area (Å²) in [5, 5.41) is 18.9. The van der Waals surface area contributed by atoms with Crippen molar-refractivity contribution in [2.45, 2.75) is 31.8 Å². The molecule has 1 saturated heterocycles. The van der Waals surface area contributed by atoms with Crippen LogP contribution in [-0.4, -0.2) is 45.7 Å². The largest absolute Gasteiger partial charge is 0.479 e. The highest BCUT2D eigenvalue weighted by Crippen LogP contribution is 2.24. The Labute approximate surface area is 117 Å². The van der Waals surface area contributed by atoms with E-state index < -0.39 is 11.6 Å². The van der Waals surface area contributed by atoms with Crippen LogP contribution in [0, 0.1) is 0 Å². The maximum atomic E-state index is 12.5. The molecule has 5 heteroatoms. The van der Waals surface area contributed by atoms with Gasteiger partial charge < -0.3 is 15.1 Å². The van der Waals surface area contributed by atoms with Crippen LogP contribution < -0.4 is 0 Å². The summed E-state index contributed by atoms with van der Waals surface area (Å²) >= 11 is 0. The zero-order valence-electron chi connectivity index (χ0n) is 11.5. The van der Waals surface area contributed by atoms with Crippen molar-refractivity contribution in [1.82, 2.24) is 4.90 Å². The van der Waals surface area contributed by atoms with Crippen molar-refractivity contribution in [3.8, 4) is 0 Å². The lowest BCUT2D eigenvalue weighted by atomic mass is 9.91. The number of carboxylic acid groups (broad SMARTS) is 1. The number of aliphatic carboxylic acids is 1. The molecule has 0 spiro atoms. The number of hydrogen-bond acceptors (Lipinski definition) is 3. The Bertz CT molecular complexity index is 518. The number of carbonyl (C=O) groups is 2. The summed E-state index contributed by atoms with van der Waals surface area (Å²) in [6.07, 6.45) is 0.916. The van der Waals surface area contributed by atoms with Gasteiger partial charge in [0, 0.05) is 31.5 Å². The van der Waals surface area contributed by atoms with E-state index in [0.29, 0.717) is 5.56 Å². The van der Waals surface area contributed by atoms with Gasteiger partial charge in [0.1, 0.15) is 0 Å². The van der Waals surface area contributed by atoms with E-state index in [-0.39, 0.29) is 31.8 Å².